The van der Waals surface area contributed by atoms with E-state index >= 15 is 0 Å². The Bertz CT molecular complexity index is 916. The van der Waals surface area contributed by atoms with Crippen LogP contribution < -0.4 is 10.6 Å². The number of aryl methyl sites for hydroxylation is 1. The smallest absolute Gasteiger partial charge is 0.234 e. The van der Waals surface area contributed by atoms with Crippen LogP contribution in [0.15, 0.2) is 24.3 Å². The Hall–Kier alpha value is -2.39. The first kappa shape index (κ1) is 17.4. The Labute approximate surface area is 154 Å². The molecule has 3 aromatic rings. The van der Waals surface area contributed by atoms with E-state index in [0.717, 1.165) is 39.9 Å². The lowest BCUT2D eigenvalue weighted by Crippen LogP contribution is -2.33. The van der Waals surface area contributed by atoms with Crippen molar-refractivity contribution < 1.29 is 4.79 Å². The van der Waals surface area contributed by atoms with E-state index in [1.807, 2.05) is 38.1 Å². The first-order valence-corrected chi connectivity index (χ1v) is 9.25. The SMILES string of the molecule is CCCC(=O)NC(=S)Nc1cccc(-c2nn3c(CC)nnc3s2)c1. The molecule has 0 spiro atoms. The first-order chi connectivity index (χ1) is 12.1. The van der Waals surface area contributed by atoms with E-state index in [-0.39, 0.29) is 5.91 Å². The van der Waals surface area contributed by atoms with Crippen molar-refractivity contribution in [2.45, 2.75) is 33.1 Å². The van der Waals surface area contributed by atoms with Gasteiger partial charge in [-0.1, -0.05) is 37.3 Å². The highest BCUT2D eigenvalue weighted by atomic mass is 32.1. The number of aromatic nitrogens is 4. The number of carbonyl (C=O) groups excluding carboxylic acids is 1. The van der Waals surface area contributed by atoms with Crippen molar-refractivity contribution in [3.8, 4) is 10.6 Å². The average Bonchev–Trinajstić information content (AvgIpc) is 3.15. The number of hydrogen-bond acceptors (Lipinski definition) is 6. The molecule has 9 heteroatoms. The second-order valence-corrected chi connectivity index (χ2v) is 6.77. The zero-order chi connectivity index (χ0) is 17.8. The van der Waals surface area contributed by atoms with Gasteiger partial charge in [0.15, 0.2) is 10.9 Å². The van der Waals surface area contributed by atoms with Crippen LogP contribution in [-0.2, 0) is 11.2 Å². The molecular formula is C16H18N6OS2. The van der Waals surface area contributed by atoms with Crippen molar-refractivity contribution in [1.82, 2.24) is 25.1 Å². The van der Waals surface area contributed by atoms with Crippen LogP contribution in [0.4, 0.5) is 5.69 Å². The third-order valence-electron chi connectivity index (χ3n) is 3.47. The van der Waals surface area contributed by atoms with Crippen LogP contribution in [0.2, 0.25) is 0 Å². The standard InChI is InChI=1S/C16H18N6OS2/c1-3-6-13(23)18-15(24)17-11-8-5-7-10(9-11)14-21-22-12(4-2)19-20-16(22)25-14/h5,7-9H,3-4,6H2,1-2H3,(H2,17,18,23,24). The second kappa shape index (κ2) is 7.66. The number of anilines is 1. The highest BCUT2D eigenvalue weighted by Gasteiger charge is 2.12. The molecule has 2 heterocycles. The van der Waals surface area contributed by atoms with Gasteiger partial charge in [-0.05, 0) is 30.8 Å². The summed E-state index contributed by atoms with van der Waals surface area (Å²) >= 11 is 6.66. The monoisotopic (exact) mass is 374 g/mol. The van der Waals surface area contributed by atoms with Crippen LogP contribution in [0.5, 0.6) is 0 Å². The molecule has 7 nitrogen and oxygen atoms in total. The fraction of sp³-hybridized carbons (Fsp3) is 0.312. The molecule has 0 radical (unpaired) electrons. The number of thiocarbonyl (C=S) groups is 1. The van der Waals surface area contributed by atoms with Gasteiger partial charge < -0.3 is 10.6 Å². The summed E-state index contributed by atoms with van der Waals surface area (Å²) < 4.78 is 1.77. The number of fused-ring (bicyclic) bond motifs is 1. The molecule has 0 aliphatic rings. The average molecular weight is 374 g/mol. The Balaban J connectivity index is 1.77. The Morgan fingerprint density at radius 1 is 1.32 bits per heavy atom. The van der Waals surface area contributed by atoms with Crippen LogP contribution in [-0.4, -0.2) is 30.8 Å². The number of rotatable bonds is 5. The van der Waals surface area contributed by atoms with E-state index in [0.29, 0.717) is 11.5 Å². The summed E-state index contributed by atoms with van der Waals surface area (Å²) in [5.74, 6) is 0.753. The maximum absolute atomic E-state index is 11.6. The Morgan fingerprint density at radius 3 is 2.92 bits per heavy atom. The molecule has 0 unspecified atom stereocenters. The van der Waals surface area contributed by atoms with Crippen LogP contribution in [0.1, 0.15) is 32.5 Å². The molecule has 0 aliphatic heterocycles. The number of nitrogens with one attached hydrogen (secondary N) is 2. The van der Waals surface area contributed by atoms with E-state index in [1.165, 1.54) is 11.3 Å². The Kier molecular flexibility index (Phi) is 5.34. The summed E-state index contributed by atoms with van der Waals surface area (Å²) in [6.45, 7) is 3.97. The topological polar surface area (TPSA) is 84.2 Å². The van der Waals surface area contributed by atoms with Gasteiger partial charge in [0.25, 0.3) is 0 Å². The molecule has 0 fully saturated rings. The molecule has 0 saturated carbocycles. The summed E-state index contributed by atoms with van der Waals surface area (Å²) in [6, 6.07) is 7.72. The maximum atomic E-state index is 11.6. The minimum absolute atomic E-state index is 0.0862. The molecule has 1 amide bonds. The lowest BCUT2D eigenvalue weighted by atomic mass is 10.2. The molecule has 0 bridgehead atoms. The van der Waals surface area contributed by atoms with Crippen molar-refractivity contribution in [2.24, 2.45) is 0 Å². The predicted octanol–water partition coefficient (Wildman–Crippen LogP) is 3.03. The van der Waals surface area contributed by atoms with Gasteiger partial charge in [-0.2, -0.15) is 9.61 Å². The lowest BCUT2D eigenvalue weighted by molar-refractivity contribution is -0.119. The van der Waals surface area contributed by atoms with Crippen LogP contribution >= 0.6 is 23.6 Å². The quantitative estimate of drug-likeness (QED) is 0.668. The van der Waals surface area contributed by atoms with E-state index in [9.17, 15) is 4.79 Å². The van der Waals surface area contributed by atoms with Gasteiger partial charge in [0.2, 0.25) is 10.9 Å². The third-order valence-corrected chi connectivity index (χ3v) is 4.62. The largest absolute Gasteiger partial charge is 0.332 e. The van der Waals surface area contributed by atoms with Crippen LogP contribution in [0.25, 0.3) is 15.5 Å². The van der Waals surface area contributed by atoms with Crippen molar-refractivity contribution >= 4 is 45.2 Å². The third kappa shape index (κ3) is 3.99. The zero-order valence-electron chi connectivity index (χ0n) is 13.9. The summed E-state index contributed by atoms with van der Waals surface area (Å²) in [5.41, 5.74) is 1.74. The summed E-state index contributed by atoms with van der Waals surface area (Å²) in [5, 5.41) is 19.7. The van der Waals surface area contributed by atoms with Crippen molar-refractivity contribution in [3.05, 3.63) is 30.1 Å². The molecule has 25 heavy (non-hydrogen) atoms. The normalized spacial score (nSPS) is 10.8. The van der Waals surface area contributed by atoms with Crippen molar-refractivity contribution in [2.75, 3.05) is 5.32 Å². The number of nitrogens with zero attached hydrogens (tertiary/aromatic N) is 4. The molecule has 2 N–H and O–H groups in total. The van der Waals surface area contributed by atoms with Crippen LogP contribution in [0, 0.1) is 0 Å². The Morgan fingerprint density at radius 2 is 2.16 bits per heavy atom. The summed E-state index contributed by atoms with van der Waals surface area (Å²) in [4.78, 5) is 12.4. The van der Waals surface area contributed by atoms with Crippen molar-refractivity contribution in [3.63, 3.8) is 0 Å². The van der Waals surface area contributed by atoms with E-state index in [4.69, 9.17) is 12.2 Å². The van der Waals surface area contributed by atoms with E-state index < -0.39 is 0 Å². The number of hydrogen-bond donors (Lipinski definition) is 2. The lowest BCUT2D eigenvalue weighted by Gasteiger charge is -2.09. The molecule has 2 aromatic heterocycles. The minimum atomic E-state index is -0.0862. The fourth-order valence-electron chi connectivity index (χ4n) is 2.30. The molecule has 0 saturated heterocycles. The van der Waals surface area contributed by atoms with E-state index in [2.05, 4.69) is 25.9 Å². The summed E-state index contributed by atoms with van der Waals surface area (Å²) in [7, 11) is 0. The molecule has 0 aliphatic carbocycles. The first-order valence-electron chi connectivity index (χ1n) is 8.03. The number of benzene rings is 1. The predicted molar refractivity (Wildman–Crippen MR) is 103 cm³/mol. The van der Waals surface area contributed by atoms with Gasteiger partial charge in [-0.15, -0.1) is 10.2 Å². The molecule has 130 valence electrons. The molecule has 0 atom stereocenters. The maximum Gasteiger partial charge on any atom is 0.234 e. The van der Waals surface area contributed by atoms with Gasteiger partial charge in [-0.3, -0.25) is 4.79 Å². The highest BCUT2D eigenvalue weighted by molar-refractivity contribution is 7.80. The molecule has 3 rings (SSSR count). The second-order valence-electron chi connectivity index (χ2n) is 5.40. The van der Waals surface area contributed by atoms with Gasteiger partial charge >= 0.3 is 0 Å². The molecule has 1 aromatic carbocycles. The van der Waals surface area contributed by atoms with Crippen molar-refractivity contribution in [1.29, 1.82) is 0 Å². The number of amides is 1. The zero-order valence-corrected chi connectivity index (χ0v) is 15.6. The van der Waals surface area contributed by atoms with Gasteiger partial charge in [0.1, 0.15) is 5.01 Å². The van der Waals surface area contributed by atoms with Gasteiger partial charge in [0, 0.05) is 24.1 Å². The van der Waals surface area contributed by atoms with Gasteiger partial charge in [0.05, 0.1) is 0 Å². The minimum Gasteiger partial charge on any atom is -0.332 e. The summed E-state index contributed by atoms with van der Waals surface area (Å²) in [6.07, 6.45) is 2.01. The number of carbonyl (C=O) groups is 1. The van der Waals surface area contributed by atoms with Gasteiger partial charge in [-0.25, -0.2) is 0 Å². The highest BCUT2D eigenvalue weighted by Crippen LogP contribution is 2.27. The fourth-order valence-corrected chi connectivity index (χ4v) is 3.39. The van der Waals surface area contributed by atoms with E-state index in [1.54, 1.807) is 4.52 Å². The molecular weight excluding hydrogens is 356 g/mol. The van der Waals surface area contributed by atoms with Crippen LogP contribution in [0.3, 0.4) is 0 Å².